The van der Waals surface area contributed by atoms with Gasteiger partial charge in [-0.1, -0.05) is 0 Å². The van der Waals surface area contributed by atoms with Crippen molar-refractivity contribution in [2.24, 2.45) is 0 Å². The number of benzene rings is 1. The van der Waals surface area contributed by atoms with Gasteiger partial charge in [-0.3, -0.25) is 0 Å². The van der Waals surface area contributed by atoms with E-state index in [2.05, 4.69) is 10.1 Å². The first-order valence-corrected chi connectivity index (χ1v) is 5.73. The van der Waals surface area contributed by atoms with Crippen molar-refractivity contribution in [2.45, 2.75) is 32.4 Å². The van der Waals surface area contributed by atoms with Crippen molar-refractivity contribution in [1.82, 2.24) is 0 Å². The van der Waals surface area contributed by atoms with Crippen LogP contribution in [-0.4, -0.2) is 29.8 Å². The summed E-state index contributed by atoms with van der Waals surface area (Å²) in [5.41, 5.74) is -1.54. The molecule has 0 amide bonds. The Labute approximate surface area is 110 Å². The van der Waals surface area contributed by atoms with Gasteiger partial charge in [-0.15, -0.1) is 0 Å². The Morgan fingerprint density at radius 1 is 1.37 bits per heavy atom. The number of nitrogens with one attached hydrogen (secondary N) is 1. The van der Waals surface area contributed by atoms with E-state index in [-0.39, 0.29) is 11.3 Å². The minimum absolute atomic E-state index is 0.0728. The molecule has 1 aromatic rings. The van der Waals surface area contributed by atoms with Crippen LogP contribution in [0.1, 0.15) is 31.1 Å². The molecule has 0 fully saturated rings. The average molecular weight is 273 g/mol. The summed E-state index contributed by atoms with van der Waals surface area (Å²) in [4.78, 5) is 11.3. The Morgan fingerprint density at radius 2 is 1.95 bits per heavy atom. The molecule has 0 aliphatic heterocycles. The average Bonchev–Trinajstić information content (AvgIpc) is 2.30. The van der Waals surface area contributed by atoms with E-state index in [0.717, 1.165) is 13.2 Å². The maximum atomic E-state index is 13.6. The second-order valence-corrected chi connectivity index (χ2v) is 4.82. The zero-order chi connectivity index (χ0) is 14.8. The minimum atomic E-state index is -1.10. The maximum absolute atomic E-state index is 13.6. The highest BCUT2D eigenvalue weighted by atomic mass is 19.1. The number of methoxy groups -OCH3 is 1. The van der Waals surface area contributed by atoms with Gasteiger partial charge in [-0.2, -0.15) is 0 Å². The van der Waals surface area contributed by atoms with Crippen LogP contribution in [0.25, 0.3) is 0 Å². The highest BCUT2D eigenvalue weighted by molar-refractivity contribution is 5.90. The number of esters is 1. The van der Waals surface area contributed by atoms with E-state index in [9.17, 15) is 18.7 Å². The van der Waals surface area contributed by atoms with Crippen molar-refractivity contribution >= 4 is 11.7 Å². The molecule has 106 valence electrons. The van der Waals surface area contributed by atoms with Crippen molar-refractivity contribution in [3.8, 4) is 0 Å². The molecule has 2 N–H and O–H groups in total. The van der Waals surface area contributed by atoms with E-state index in [4.69, 9.17) is 0 Å². The number of rotatable bonds is 4. The van der Waals surface area contributed by atoms with E-state index in [1.54, 1.807) is 20.8 Å². The van der Waals surface area contributed by atoms with Crippen LogP contribution in [0.5, 0.6) is 0 Å². The smallest absolute Gasteiger partial charge is 0.340 e. The Balaban J connectivity index is 3.12. The SMILES string of the molecule is COC(=O)c1cc(NC(C)C(C)(C)O)c(F)cc1F. The summed E-state index contributed by atoms with van der Waals surface area (Å²) >= 11 is 0. The number of carbonyl (C=O) groups is 1. The highest BCUT2D eigenvalue weighted by Crippen LogP contribution is 2.23. The van der Waals surface area contributed by atoms with Crippen molar-refractivity contribution in [3.63, 3.8) is 0 Å². The molecule has 0 saturated carbocycles. The summed E-state index contributed by atoms with van der Waals surface area (Å²) in [5, 5.41) is 12.5. The predicted octanol–water partition coefficient (Wildman–Crippen LogP) is 2.32. The van der Waals surface area contributed by atoms with Crippen molar-refractivity contribution < 1.29 is 23.4 Å². The van der Waals surface area contributed by atoms with Crippen molar-refractivity contribution in [3.05, 3.63) is 29.3 Å². The molecular formula is C13H17F2NO3. The monoisotopic (exact) mass is 273 g/mol. The Kier molecular flexibility index (Phi) is 4.47. The molecule has 1 unspecified atom stereocenters. The van der Waals surface area contributed by atoms with E-state index in [0.29, 0.717) is 6.07 Å². The van der Waals surface area contributed by atoms with Crippen molar-refractivity contribution in [1.29, 1.82) is 0 Å². The summed E-state index contributed by atoms with van der Waals surface area (Å²) in [6, 6.07) is 1.13. The molecule has 0 aliphatic rings. The fourth-order valence-corrected chi connectivity index (χ4v) is 1.34. The van der Waals surface area contributed by atoms with Gasteiger partial charge in [-0.05, 0) is 26.8 Å². The predicted molar refractivity (Wildman–Crippen MR) is 67.1 cm³/mol. The second-order valence-electron chi connectivity index (χ2n) is 4.82. The lowest BCUT2D eigenvalue weighted by atomic mass is 10.0. The number of hydrogen-bond acceptors (Lipinski definition) is 4. The summed E-state index contributed by atoms with van der Waals surface area (Å²) in [7, 11) is 1.11. The normalized spacial score (nSPS) is 13.0. The minimum Gasteiger partial charge on any atom is -0.465 e. The van der Waals surface area contributed by atoms with Gasteiger partial charge in [-0.25, -0.2) is 13.6 Å². The Hall–Kier alpha value is -1.69. The van der Waals surface area contributed by atoms with Crippen LogP contribution in [0, 0.1) is 11.6 Å². The first kappa shape index (κ1) is 15.4. The summed E-state index contributed by atoms with van der Waals surface area (Å²) in [5.74, 6) is -2.73. The van der Waals surface area contributed by atoms with E-state index < -0.39 is 29.2 Å². The zero-order valence-electron chi connectivity index (χ0n) is 11.3. The van der Waals surface area contributed by atoms with Gasteiger partial charge in [0.15, 0.2) is 0 Å². The lowest BCUT2D eigenvalue weighted by Gasteiger charge is -2.28. The molecule has 6 heteroatoms. The summed E-state index contributed by atoms with van der Waals surface area (Å²) < 4.78 is 31.4. The highest BCUT2D eigenvalue weighted by Gasteiger charge is 2.24. The van der Waals surface area contributed by atoms with Gasteiger partial charge in [0.05, 0.1) is 30.0 Å². The molecule has 0 radical (unpaired) electrons. The third-order valence-electron chi connectivity index (χ3n) is 2.89. The Morgan fingerprint density at radius 3 is 2.42 bits per heavy atom. The van der Waals surface area contributed by atoms with Gasteiger partial charge in [0.1, 0.15) is 11.6 Å². The number of hydrogen-bond donors (Lipinski definition) is 2. The molecule has 0 heterocycles. The Bertz CT molecular complexity index is 484. The fraction of sp³-hybridized carbons (Fsp3) is 0.462. The standard InChI is InChI=1S/C13H17F2NO3/c1-7(13(2,3)18)16-11-5-8(12(17)19-4)9(14)6-10(11)15/h5-7,16,18H,1-4H3. The molecule has 1 atom stereocenters. The molecule has 0 aromatic heterocycles. The van der Waals surface area contributed by atoms with Crippen LogP contribution >= 0.6 is 0 Å². The number of anilines is 1. The third-order valence-corrected chi connectivity index (χ3v) is 2.89. The van der Waals surface area contributed by atoms with Crippen LogP contribution < -0.4 is 5.32 Å². The van der Waals surface area contributed by atoms with Gasteiger partial charge in [0.25, 0.3) is 0 Å². The van der Waals surface area contributed by atoms with Crippen LogP contribution in [0.4, 0.5) is 14.5 Å². The van der Waals surface area contributed by atoms with Gasteiger partial charge < -0.3 is 15.2 Å². The van der Waals surface area contributed by atoms with E-state index in [1.807, 2.05) is 0 Å². The largest absolute Gasteiger partial charge is 0.465 e. The number of aliphatic hydroxyl groups is 1. The number of ether oxygens (including phenoxy) is 1. The fourth-order valence-electron chi connectivity index (χ4n) is 1.34. The quantitative estimate of drug-likeness (QED) is 0.827. The lowest BCUT2D eigenvalue weighted by Crippen LogP contribution is -2.39. The summed E-state index contributed by atoms with van der Waals surface area (Å²) in [6.07, 6.45) is 0. The summed E-state index contributed by atoms with van der Waals surface area (Å²) in [6.45, 7) is 4.74. The molecule has 4 nitrogen and oxygen atoms in total. The van der Waals surface area contributed by atoms with Gasteiger partial charge in [0, 0.05) is 6.07 Å². The van der Waals surface area contributed by atoms with Crippen LogP contribution in [-0.2, 0) is 4.74 Å². The van der Waals surface area contributed by atoms with E-state index in [1.165, 1.54) is 0 Å². The number of carbonyl (C=O) groups excluding carboxylic acids is 1. The molecule has 1 rings (SSSR count). The first-order valence-electron chi connectivity index (χ1n) is 5.73. The molecule has 0 aliphatic carbocycles. The molecule has 0 bridgehead atoms. The molecule has 1 aromatic carbocycles. The van der Waals surface area contributed by atoms with Crippen LogP contribution in [0.15, 0.2) is 12.1 Å². The third kappa shape index (κ3) is 3.64. The van der Waals surface area contributed by atoms with Gasteiger partial charge in [0.2, 0.25) is 0 Å². The van der Waals surface area contributed by atoms with Gasteiger partial charge >= 0.3 is 5.97 Å². The zero-order valence-corrected chi connectivity index (χ0v) is 11.3. The van der Waals surface area contributed by atoms with Crippen LogP contribution in [0.3, 0.4) is 0 Å². The maximum Gasteiger partial charge on any atom is 0.340 e. The van der Waals surface area contributed by atoms with Crippen LogP contribution in [0.2, 0.25) is 0 Å². The van der Waals surface area contributed by atoms with Crippen molar-refractivity contribution in [2.75, 3.05) is 12.4 Å². The molecule has 0 saturated heterocycles. The van der Waals surface area contributed by atoms with E-state index >= 15 is 0 Å². The molecule has 19 heavy (non-hydrogen) atoms. The molecule has 0 spiro atoms. The first-order chi connectivity index (χ1) is 8.66. The number of halogens is 2. The second kappa shape index (κ2) is 5.52. The molecular weight excluding hydrogens is 256 g/mol. The topological polar surface area (TPSA) is 58.6 Å². The lowest BCUT2D eigenvalue weighted by molar-refractivity contribution is 0.0595.